The molecule has 6 heteroatoms. The molecule has 0 amide bonds. The molecule has 94 valence electrons. The van der Waals surface area contributed by atoms with Gasteiger partial charge in [0.1, 0.15) is 0 Å². The Balaban J connectivity index is 0.00000112. The van der Waals surface area contributed by atoms with Gasteiger partial charge in [-0.1, -0.05) is 11.6 Å². The fourth-order valence-corrected chi connectivity index (χ4v) is 2.95. The predicted molar refractivity (Wildman–Crippen MR) is 76.7 cm³/mol. The zero-order valence-corrected chi connectivity index (χ0v) is 12.3. The summed E-state index contributed by atoms with van der Waals surface area (Å²) in [5.41, 5.74) is 0. The molecule has 0 spiro atoms. The van der Waals surface area contributed by atoms with Crippen LogP contribution in [0.2, 0.25) is 4.34 Å². The molecule has 0 unspecified atom stereocenters. The fourth-order valence-electron chi connectivity index (χ4n) is 1.80. The molecular weight excluding hydrogens is 287 g/mol. The number of hydrogen-bond donors (Lipinski definition) is 1. The maximum Gasteiger partial charge on any atom is 0.0931 e. The van der Waals surface area contributed by atoms with E-state index in [0.29, 0.717) is 6.04 Å². The monoisotopic (exact) mass is 302 g/mol. The lowest BCUT2D eigenvalue weighted by Crippen LogP contribution is -2.44. The summed E-state index contributed by atoms with van der Waals surface area (Å²) < 4.78 is 0.891. The minimum Gasteiger partial charge on any atom is -0.314 e. The molecule has 1 aromatic heterocycles. The zero-order chi connectivity index (χ0) is 9.97. The first-order chi connectivity index (χ1) is 6.77. The molecule has 1 aliphatic heterocycles. The lowest BCUT2D eigenvalue weighted by atomic mass is 10.2. The first kappa shape index (κ1) is 16.5. The molecule has 0 aromatic carbocycles. The van der Waals surface area contributed by atoms with Crippen molar-refractivity contribution in [1.82, 2.24) is 10.2 Å². The molecule has 2 heterocycles. The van der Waals surface area contributed by atoms with Crippen LogP contribution in [0.3, 0.4) is 0 Å². The largest absolute Gasteiger partial charge is 0.314 e. The van der Waals surface area contributed by atoms with Crippen LogP contribution in [0.1, 0.15) is 17.8 Å². The number of rotatable bonds is 2. The van der Waals surface area contributed by atoms with Gasteiger partial charge in [-0.05, 0) is 19.1 Å². The highest BCUT2D eigenvalue weighted by Crippen LogP contribution is 2.30. The number of nitrogens with zero attached hydrogens (tertiary/aromatic N) is 1. The van der Waals surface area contributed by atoms with Crippen molar-refractivity contribution in [3.8, 4) is 0 Å². The standard InChI is InChI=1S/C10H15ClN2S.2ClH/c1-8(9-2-3-10(11)14-9)13-6-4-12-5-7-13;;/h2-3,8,12H,4-7H2,1H3;2*1H/t8-;;/m0../s1. The molecule has 16 heavy (non-hydrogen) atoms. The van der Waals surface area contributed by atoms with Crippen molar-refractivity contribution in [3.63, 3.8) is 0 Å². The van der Waals surface area contributed by atoms with Crippen LogP contribution in [0.4, 0.5) is 0 Å². The molecule has 1 fully saturated rings. The Labute approximate surface area is 118 Å². The second-order valence-corrected chi connectivity index (χ2v) is 5.35. The topological polar surface area (TPSA) is 15.3 Å². The van der Waals surface area contributed by atoms with Gasteiger partial charge in [0.15, 0.2) is 0 Å². The van der Waals surface area contributed by atoms with Crippen LogP contribution in [-0.2, 0) is 0 Å². The molecule has 0 saturated carbocycles. The van der Waals surface area contributed by atoms with Crippen LogP contribution >= 0.6 is 47.8 Å². The van der Waals surface area contributed by atoms with Crippen LogP contribution in [-0.4, -0.2) is 31.1 Å². The molecular formula is C10H17Cl3N2S. The van der Waals surface area contributed by atoms with Crippen molar-refractivity contribution in [1.29, 1.82) is 0 Å². The third-order valence-electron chi connectivity index (χ3n) is 2.71. The molecule has 1 aromatic rings. The van der Waals surface area contributed by atoms with E-state index in [0.717, 1.165) is 30.5 Å². The smallest absolute Gasteiger partial charge is 0.0931 e. The Kier molecular flexibility index (Phi) is 7.98. The van der Waals surface area contributed by atoms with Crippen LogP contribution in [0, 0.1) is 0 Å². The third kappa shape index (κ3) is 4.06. The van der Waals surface area contributed by atoms with E-state index in [1.54, 1.807) is 11.3 Å². The Morgan fingerprint density at radius 3 is 2.44 bits per heavy atom. The molecule has 1 atom stereocenters. The Morgan fingerprint density at radius 1 is 1.31 bits per heavy atom. The van der Waals surface area contributed by atoms with E-state index in [4.69, 9.17) is 11.6 Å². The third-order valence-corrected chi connectivity index (χ3v) is 4.11. The highest BCUT2D eigenvalue weighted by atomic mass is 35.5. The summed E-state index contributed by atoms with van der Waals surface area (Å²) in [5, 5.41) is 3.36. The molecule has 2 rings (SSSR count). The number of thiophene rings is 1. The normalized spacial score (nSPS) is 18.4. The highest BCUT2D eigenvalue weighted by molar-refractivity contribution is 7.16. The van der Waals surface area contributed by atoms with Crippen LogP contribution < -0.4 is 5.32 Å². The van der Waals surface area contributed by atoms with Crippen LogP contribution in [0.5, 0.6) is 0 Å². The van der Waals surface area contributed by atoms with E-state index < -0.39 is 0 Å². The summed E-state index contributed by atoms with van der Waals surface area (Å²) in [5.74, 6) is 0. The maximum absolute atomic E-state index is 5.93. The van der Waals surface area contributed by atoms with Crippen LogP contribution in [0.25, 0.3) is 0 Å². The second kappa shape index (κ2) is 7.75. The Hall–Kier alpha value is 0.490. The van der Waals surface area contributed by atoms with Gasteiger partial charge in [-0.15, -0.1) is 36.2 Å². The van der Waals surface area contributed by atoms with Crippen molar-refractivity contribution in [2.45, 2.75) is 13.0 Å². The minimum atomic E-state index is 0. The number of hydrogen-bond acceptors (Lipinski definition) is 3. The molecule has 1 N–H and O–H groups in total. The van der Waals surface area contributed by atoms with Gasteiger partial charge < -0.3 is 5.32 Å². The van der Waals surface area contributed by atoms with Gasteiger partial charge in [-0.3, -0.25) is 4.90 Å². The summed E-state index contributed by atoms with van der Waals surface area (Å²) in [6.45, 7) is 6.73. The van der Waals surface area contributed by atoms with E-state index >= 15 is 0 Å². The molecule has 1 aliphatic rings. The van der Waals surface area contributed by atoms with E-state index in [-0.39, 0.29) is 24.8 Å². The van der Waals surface area contributed by atoms with Crippen LogP contribution in [0.15, 0.2) is 12.1 Å². The SMILES string of the molecule is C[C@@H](c1ccc(Cl)s1)N1CCNCC1.Cl.Cl. The van der Waals surface area contributed by atoms with Gasteiger partial charge in [-0.25, -0.2) is 0 Å². The number of nitrogens with one attached hydrogen (secondary N) is 1. The van der Waals surface area contributed by atoms with Gasteiger partial charge >= 0.3 is 0 Å². The van der Waals surface area contributed by atoms with Gasteiger partial charge in [0.05, 0.1) is 4.34 Å². The Bertz CT molecular complexity index is 300. The van der Waals surface area contributed by atoms with E-state index in [2.05, 4.69) is 23.2 Å². The highest BCUT2D eigenvalue weighted by Gasteiger charge is 2.18. The summed E-state index contributed by atoms with van der Waals surface area (Å²) >= 11 is 7.62. The lowest BCUT2D eigenvalue weighted by molar-refractivity contribution is 0.188. The van der Waals surface area contributed by atoms with Crippen molar-refractivity contribution in [2.75, 3.05) is 26.2 Å². The molecule has 0 bridgehead atoms. The molecule has 0 radical (unpaired) electrons. The maximum atomic E-state index is 5.93. The van der Waals surface area contributed by atoms with Crippen molar-refractivity contribution in [3.05, 3.63) is 21.3 Å². The average molecular weight is 304 g/mol. The van der Waals surface area contributed by atoms with E-state index in [9.17, 15) is 0 Å². The fraction of sp³-hybridized carbons (Fsp3) is 0.600. The van der Waals surface area contributed by atoms with Gasteiger partial charge in [0.25, 0.3) is 0 Å². The first-order valence-electron chi connectivity index (χ1n) is 4.97. The van der Waals surface area contributed by atoms with Crippen molar-refractivity contribution < 1.29 is 0 Å². The number of halogens is 3. The first-order valence-corrected chi connectivity index (χ1v) is 6.17. The number of piperazine rings is 1. The zero-order valence-electron chi connectivity index (χ0n) is 9.11. The molecule has 2 nitrogen and oxygen atoms in total. The van der Waals surface area contributed by atoms with Gasteiger partial charge in [-0.2, -0.15) is 0 Å². The summed E-state index contributed by atoms with van der Waals surface area (Å²) in [6, 6.07) is 4.63. The Morgan fingerprint density at radius 2 is 1.94 bits per heavy atom. The summed E-state index contributed by atoms with van der Waals surface area (Å²) in [6.07, 6.45) is 0. The van der Waals surface area contributed by atoms with Gasteiger partial charge in [0, 0.05) is 37.1 Å². The average Bonchev–Trinajstić information content (AvgIpc) is 2.65. The quantitative estimate of drug-likeness (QED) is 0.902. The van der Waals surface area contributed by atoms with E-state index in [1.807, 2.05) is 6.07 Å². The summed E-state index contributed by atoms with van der Waals surface area (Å²) in [7, 11) is 0. The summed E-state index contributed by atoms with van der Waals surface area (Å²) in [4.78, 5) is 3.87. The second-order valence-electron chi connectivity index (χ2n) is 3.60. The molecule has 0 aliphatic carbocycles. The minimum absolute atomic E-state index is 0. The van der Waals surface area contributed by atoms with E-state index in [1.165, 1.54) is 4.88 Å². The van der Waals surface area contributed by atoms with Crippen molar-refractivity contribution >= 4 is 47.8 Å². The predicted octanol–water partition coefficient (Wildman–Crippen LogP) is 3.21. The lowest BCUT2D eigenvalue weighted by Gasteiger charge is -2.32. The van der Waals surface area contributed by atoms with Gasteiger partial charge in [0.2, 0.25) is 0 Å². The molecule has 1 saturated heterocycles. The van der Waals surface area contributed by atoms with Crippen molar-refractivity contribution in [2.24, 2.45) is 0 Å².